The average molecular weight is 999 g/mol. The van der Waals surface area contributed by atoms with Crippen LogP contribution in [0.1, 0.15) is 25.7 Å². The van der Waals surface area contributed by atoms with Crippen molar-refractivity contribution in [2.45, 2.75) is 25.7 Å². The average Bonchev–Trinajstić information content (AvgIpc) is 4.21. The zero-order valence-corrected chi connectivity index (χ0v) is 43.2. The Balaban J connectivity index is 0.820. The fourth-order valence-electron chi connectivity index (χ4n) is 12.6. The number of hydrogen-bond acceptors (Lipinski definition) is 2. The van der Waals surface area contributed by atoms with Crippen molar-refractivity contribution in [1.82, 2.24) is 9.13 Å². The molecule has 78 heavy (non-hydrogen) atoms. The Bertz CT molecular complexity index is 4240. The van der Waals surface area contributed by atoms with Crippen LogP contribution in [-0.4, -0.2) is 9.13 Å². The number of hydrogen-bond donors (Lipinski definition) is 0. The van der Waals surface area contributed by atoms with Gasteiger partial charge in [0.25, 0.3) is 0 Å². The van der Waals surface area contributed by atoms with Gasteiger partial charge in [-0.3, -0.25) is 0 Å². The predicted octanol–water partition coefficient (Wildman–Crippen LogP) is 20.9. The number of rotatable bonds is 10. The number of anilines is 6. The molecule has 0 spiro atoms. The number of fused-ring (bicyclic) bond motifs is 8. The normalized spacial score (nSPS) is 13.5. The third kappa shape index (κ3) is 7.59. The Morgan fingerprint density at radius 3 is 0.949 bits per heavy atom. The molecule has 2 aromatic heterocycles. The molecule has 4 nitrogen and oxygen atoms in total. The van der Waals surface area contributed by atoms with Crippen LogP contribution in [0.15, 0.2) is 279 Å². The van der Waals surface area contributed by atoms with Crippen LogP contribution >= 0.6 is 0 Å². The lowest BCUT2D eigenvalue weighted by atomic mass is 9.86. The third-order valence-corrected chi connectivity index (χ3v) is 16.1. The predicted molar refractivity (Wildman–Crippen MR) is 333 cm³/mol. The van der Waals surface area contributed by atoms with Crippen LogP contribution in [-0.2, 0) is 0 Å². The topological polar surface area (TPSA) is 16.3 Å². The van der Waals surface area contributed by atoms with Crippen molar-refractivity contribution < 1.29 is 0 Å². The second-order valence-electron chi connectivity index (χ2n) is 20.6. The molecule has 0 bridgehead atoms. The molecule has 0 saturated heterocycles. The number of para-hydroxylation sites is 4. The van der Waals surface area contributed by atoms with E-state index in [1.807, 2.05) is 0 Å². The molecule has 0 atom stereocenters. The molecule has 0 N–H and O–H groups in total. The van der Waals surface area contributed by atoms with Crippen LogP contribution in [0.5, 0.6) is 0 Å². The maximum atomic E-state index is 2.43. The Hall–Kier alpha value is -9.90. The van der Waals surface area contributed by atoms with E-state index in [-0.39, 0.29) is 0 Å². The first kappa shape index (κ1) is 45.5. The molecular formula is C74H54N4. The number of aromatic nitrogens is 2. The molecule has 0 aliphatic heterocycles. The largest absolute Gasteiger partial charge is 0.310 e. The van der Waals surface area contributed by atoms with Gasteiger partial charge in [0, 0.05) is 67.1 Å². The zero-order valence-electron chi connectivity index (χ0n) is 43.2. The first-order chi connectivity index (χ1) is 38.7. The Labute approximate surface area is 454 Å². The van der Waals surface area contributed by atoms with Gasteiger partial charge in [-0.1, -0.05) is 170 Å². The van der Waals surface area contributed by atoms with Crippen molar-refractivity contribution in [3.8, 4) is 22.3 Å². The minimum Gasteiger partial charge on any atom is -0.310 e. The fraction of sp³-hybridized carbons (Fsp3) is 0.0541. The van der Waals surface area contributed by atoms with Gasteiger partial charge in [-0.25, -0.2) is 0 Å². The van der Waals surface area contributed by atoms with E-state index in [0.717, 1.165) is 59.8 Å². The van der Waals surface area contributed by atoms with Gasteiger partial charge in [-0.15, -0.1) is 0 Å². The number of allylic oxidation sites excluding steroid dienone is 8. The van der Waals surface area contributed by atoms with Gasteiger partial charge in [0.15, 0.2) is 0 Å². The Morgan fingerprint density at radius 1 is 0.256 bits per heavy atom. The lowest BCUT2D eigenvalue weighted by Gasteiger charge is -2.26. The van der Waals surface area contributed by atoms with Gasteiger partial charge in [0.2, 0.25) is 0 Å². The molecule has 13 aromatic rings. The summed E-state index contributed by atoms with van der Waals surface area (Å²) in [7, 11) is 0. The van der Waals surface area contributed by atoms with Crippen LogP contribution in [0, 0.1) is 0 Å². The molecular weight excluding hydrogens is 945 g/mol. The second-order valence-corrected chi connectivity index (χ2v) is 20.6. The van der Waals surface area contributed by atoms with E-state index >= 15 is 0 Å². The quantitative estimate of drug-likeness (QED) is 0.127. The van der Waals surface area contributed by atoms with Crippen molar-refractivity contribution in [3.63, 3.8) is 0 Å². The lowest BCUT2D eigenvalue weighted by Crippen LogP contribution is -2.09. The summed E-state index contributed by atoms with van der Waals surface area (Å²) in [6.07, 6.45) is 18.1. The molecule has 0 fully saturated rings. The third-order valence-electron chi connectivity index (χ3n) is 16.1. The van der Waals surface area contributed by atoms with E-state index < -0.39 is 0 Å². The van der Waals surface area contributed by atoms with Crippen LogP contribution in [0.25, 0.3) is 98.8 Å². The van der Waals surface area contributed by atoms with E-state index in [0.29, 0.717) is 0 Å². The highest BCUT2D eigenvalue weighted by molar-refractivity contribution is 6.22. The summed E-state index contributed by atoms with van der Waals surface area (Å²) in [6, 6.07) is 89.5. The van der Waals surface area contributed by atoms with Crippen molar-refractivity contribution in [1.29, 1.82) is 0 Å². The number of nitrogens with zero attached hydrogens (tertiary/aromatic N) is 4. The molecule has 2 heterocycles. The smallest absolute Gasteiger partial charge is 0.0542 e. The van der Waals surface area contributed by atoms with Crippen molar-refractivity contribution >= 4 is 111 Å². The minimum absolute atomic E-state index is 1.05. The standard InChI is InChI=1S/C74H54N4/c1-5-21-53(22-6-1)75(59-45-47-71-67(49-59)61-29-17-19-35-69(61)77(71)55-25-9-3-10-26-55)57-41-37-51(38-42-57)73-63-31-13-15-33-65(63)74(66-34-16-14-32-64(66)73)52-39-43-58(44-40-52)76(54-23-7-2-8-24-54)60-46-48-72-68(50-60)62-30-18-20-36-70(62)78(72)56-27-11-4-12-28-56/h1-2,5-9,11,13-50H,3-4,10,12H2. The Morgan fingerprint density at radius 2 is 0.577 bits per heavy atom. The van der Waals surface area contributed by atoms with Gasteiger partial charge >= 0.3 is 0 Å². The number of benzene rings is 11. The molecule has 0 radical (unpaired) electrons. The molecule has 370 valence electrons. The molecule has 0 amide bonds. The van der Waals surface area contributed by atoms with Gasteiger partial charge in [0.1, 0.15) is 0 Å². The summed E-state index contributed by atoms with van der Waals surface area (Å²) >= 11 is 0. The monoisotopic (exact) mass is 998 g/mol. The summed E-state index contributed by atoms with van der Waals surface area (Å²) in [6.45, 7) is 0. The van der Waals surface area contributed by atoms with Crippen molar-refractivity contribution in [3.05, 3.63) is 279 Å². The van der Waals surface area contributed by atoms with Crippen LogP contribution in [0.4, 0.5) is 34.1 Å². The fourth-order valence-corrected chi connectivity index (χ4v) is 12.6. The molecule has 0 unspecified atom stereocenters. The molecule has 2 aliphatic carbocycles. The van der Waals surface area contributed by atoms with E-state index in [2.05, 4.69) is 298 Å². The lowest BCUT2D eigenvalue weighted by molar-refractivity contribution is 1.02. The summed E-state index contributed by atoms with van der Waals surface area (Å²) < 4.78 is 4.85. The molecule has 0 saturated carbocycles. The first-order valence-corrected chi connectivity index (χ1v) is 27.4. The molecule has 11 aromatic carbocycles. The van der Waals surface area contributed by atoms with E-state index in [1.54, 1.807) is 0 Å². The summed E-state index contributed by atoms with van der Waals surface area (Å²) in [4.78, 5) is 4.78. The van der Waals surface area contributed by atoms with Gasteiger partial charge in [-0.2, -0.15) is 0 Å². The van der Waals surface area contributed by atoms with E-state index in [9.17, 15) is 0 Å². The van der Waals surface area contributed by atoms with Crippen molar-refractivity contribution in [2.24, 2.45) is 0 Å². The minimum atomic E-state index is 1.05. The summed E-state index contributed by atoms with van der Waals surface area (Å²) in [5.41, 5.74) is 18.9. The van der Waals surface area contributed by atoms with Gasteiger partial charge in [-0.05, 0) is 179 Å². The maximum absolute atomic E-state index is 2.43. The maximum Gasteiger partial charge on any atom is 0.0542 e. The molecule has 2 aliphatic rings. The van der Waals surface area contributed by atoms with Crippen LogP contribution in [0.2, 0.25) is 0 Å². The summed E-state index contributed by atoms with van der Waals surface area (Å²) in [5, 5.41) is 9.90. The zero-order chi connectivity index (χ0) is 51.5. The highest BCUT2D eigenvalue weighted by Gasteiger charge is 2.22. The highest BCUT2D eigenvalue weighted by Crippen LogP contribution is 2.47. The van der Waals surface area contributed by atoms with Crippen LogP contribution in [0.3, 0.4) is 0 Å². The van der Waals surface area contributed by atoms with Crippen LogP contribution < -0.4 is 9.80 Å². The van der Waals surface area contributed by atoms with E-state index in [1.165, 1.54) is 98.8 Å². The van der Waals surface area contributed by atoms with E-state index in [4.69, 9.17) is 0 Å². The second kappa shape index (κ2) is 19.0. The van der Waals surface area contributed by atoms with Gasteiger partial charge in [0.05, 0.1) is 22.1 Å². The summed E-state index contributed by atoms with van der Waals surface area (Å²) in [5.74, 6) is 0. The molecule has 4 heteroatoms. The first-order valence-electron chi connectivity index (χ1n) is 27.4. The van der Waals surface area contributed by atoms with Gasteiger partial charge < -0.3 is 18.9 Å². The SMILES string of the molecule is C1=CC(n2c3ccccc3c3cc(N(c4ccccc4)c4ccc(-c5c6ccccc6c(-c6ccc(N(c7ccccc7)c7ccc8c(c7)c7ccccc7n8C7=CCCC=C7)cc6)c6ccccc56)cc4)ccc32)=CCC1. The molecule has 15 rings (SSSR count). The Kier molecular flexibility index (Phi) is 11.1. The highest BCUT2D eigenvalue weighted by atomic mass is 15.1. The van der Waals surface area contributed by atoms with Crippen molar-refractivity contribution in [2.75, 3.05) is 9.80 Å².